The Labute approximate surface area is 201 Å². The summed E-state index contributed by atoms with van der Waals surface area (Å²) in [6.45, 7) is 7.25. The van der Waals surface area contributed by atoms with Crippen molar-refractivity contribution in [3.05, 3.63) is 23.9 Å². The van der Waals surface area contributed by atoms with Gasteiger partial charge < -0.3 is 15.5 Å². The van der Waals surface area contributed by atoms with Crippen molar-refractivity contribution in [3.8, 4) is 0 Å². The number of guanidine groups is 1. The van der Waals surface area contributed by atoms with E-state index in [1.807, 2.05) is 13.1 Å². The average Bonchev–Trinajstić information content (AvgIpc) is 2.77. The molecule has 0 spiro atoms. The number of hydrogen-bond acceptors (Lipinski definition) is 4. The SMILES string of the molecule is CCS(=O)C1CCCC(NC(=NC)NCc2ccc(N3CCC(C)CC3)nc2)C1.I. The second kappa shape index (κ2) is 12.8. The first-order chi connectivity index (χ1) is 14.1. The first-order valence-electron chi connectivity index (χ1n) is 11.1. The molecule has 6 nitrogen and oxygen atoms in total. The number of piperidine rings is 1. The summed E-state index contributed by atoms with van der Waals surface area (Å²) in [5.74, 6) is 3.48. The van der Waals surface area contributed by atoms with Crippen LogP contribution in [0.1, 0.15) is 57.9 Å². The van der Waals surface area contributed by atoms with Crippen LogP contribution in [0.25, 0.3) is 0 Å². The number of halogens is 1. The van der Waals surface area contributed by atoms with Gasteiger partial charge in [-0.25, -0.2) is 4.98 Å². The molecule has 0 radical (unpaired) electrons. The van der Waals surface area contributed by atoms with Crippen LogP contribution in [0.15, 0.2) is 23.3 Å². The zero-order valence-corrected chi connectivity index (χ0v) is 21.7. The highest BCUT2D eigenvalue weighted by Crippen LogP contribution is 2.23. The summed E-state index contributed by atoms with van der Waals surface area (Å²) < 4.78 is 12.2. The predicted octanol–water partition coefficient (Wildman–Crippen LogP) is 3.68. The van der Waals surface area contributed by atoms with E-state index < -0.39 is 10.8 Å². The average molecular weight is 548 g/mol. The summed E-state index contributed by atoms with van der Waals surface area (Å²) in [6.07, 6.45) is 8.76. The summed E-state index contributed by atoms with van der Waals surface area (Å²) in [7, 11) is 1.10. The quantitative estimate of drug-likeness (QED) is 0.323. The van der Waals surface area contributed by atoms with Gasteiger partial charge in [0.05, 0.1) is 0 Å². The molecule has 1 saturated heterocycles. The van der Waals surface area contributed by atoms with Crippen molar-refractivity contribution in [3.63, 3.8) is 0 Å². The van der Waals surface area contributed by atoms with Crippen LogP contribution in [-0.4, -0.2) is 52.3 Å². The number of nitrogens with zero attached hydrogens (tertiary/aromatic N) is 3. The summed E-state index contributed by atoms with van der Waals surface area (Å²) in [4.78, 5) is 11.4. The fourth-order valence-electron chi connectivity index (χ4n) is 4.27. The van der Waals surface area contributed by atoms with Crippen LogP contribution in [0.4, 0.5) is 5.82 Å². The summed E-state index contributed by atoms with van der Waals surface area (Å²) in [5, 5.41) is 7.25. The highest BCUT2D eigenvalue weighted by Gasteiger charge is 2.26. The molecule has 0 bridgehead atoms. The van der Waals surface area contributed by atoms with Crippen molar-refractivity contribution in [1.29, 1.82) is 0 Å². The second-order valence-electron chi connectivity index (χ2n) is 8.42. The number of aromatic nitrogens is 1. The summed E-state index contributed by atoms with van der Waals surface area (Å²) in [6, 6.07) is 4.63. The van der Waals surface area contributed by atoms with E-state index in [9.17, 15) is 4.21 Å². The highest BCUT2D eigenvalue weighted by atomic mass is 127. The van der Waals surface area contributed by atoms with Crippen LogP contribution >= 0.6 is 24.0 Å². The molecule has 1 saturated carbocycles. The monoisotopic (exact) mass is 547 g/mol. The predicted molar refractivity (Wildman–Crippen MR) is 138 cm³/mol. The third-order valence-corrected chi connectivity index (χ3v) is 7.96. The van der Waals surface area contributed by atoms with Gasteiger partial charge in [-0.15, -0.1) is 24.0 Å². The van der Waals surface area contributed by atoms with Crippen molar-refractivity contribution in [2.45, 2.75) is 70.2 Å². The topological polar surface area (TPSA) is 69.6 Å². The van der Waals surface area contributed by atoms with Crippen LogP contribution < -0.4 is 15.5 Å². The minimum absolute atomic E-state index is 0. The van der Waals surface area contributed by atoms with E-state index in [0.29, 0.717) is 17.8 Å². The lowest BCUT2D eigenvalue weighted by Crippen LogP contribution is -2.46. The summed E-state index contributed by atoms with van der Waals surface area (Å²) >= 11 is 0. The number of nitrogens with one attached hydrogen (secondary N) is 2. The van der Waals surface area contributed by atoms with Gasteiger partial charge in [0.2, 0.25) is 0 Å². The van der Waals surface area contributed by atoms with Crippen molar-refractivity contribution < 1.29 is 4.21 Å². The van der Waals surface area contributed by atoms with E-state index in [-0.39, 0.29) is 24.0 Å². The molecule has 1 aliphatic heterocycles. The third-order valence-electron chi connectivity index (χ3n) is 6.22. The highest BCUT2D eigenvalue weighted by molar-refractivity contribution is 14.0. The maximum atomic E-state index is 12.2. The Morgan fingerprint density at radius 1 is 1.27 bits per heavy atom. The molecule has 8 heteroatoms. The molecule has 3 atom stereocenters. The van der Waals surface area contributed by atoms with Gasteiger partial charge in [0.15, 0.2) is 5.96 Å². The minimum atomic E-state index is -0.704. The molecule has 1 aliphatic carbocycles. The third kappa shape index (κ3) is 7.35. The van der Waals surface area contributed by atoms with E-state index in [1.54, 1.807) is 7.05 Å². The molecular weight excluding hydrogens is 509 g/mol. The molecule has 170 valence electrons. The second-order valence-corrected chi connectivity index (χ2v) is 10.4. The number of hydrogen-bond donors (Lipinski definition) is 2. The van der Waals surface area contributed by atoms with Crippen LogP contribution in [0.2, 0.25) is 0 Å². The Bertz CT molecular complexity index is 691. The lowest BCUT2D eigenvalue weighted by molar-refractivity contribution is 0.413. The molecule has 2 heterocycles. The molecule has 3 rings (SSSR count). The Hall–Kier alpha value is -0.900. The Balaban J connectivity index is 0.00000320. The largest absolute Gasteiger partial charge is 0.357 e. The van der Waals surface area contributed by atoms with Crippen molar-refractivity contribution in [1.82, 2.24) is 15.6 Å². The molecule has 2 aliphatic rings. The first-order valence-corrected chi connectivity index (χ1v) is 12.5. The summed E-state index contributed by atoms with van der Waals surface area (Å²) in [5.41, 5.74) is 1.15. The maximum absolute atomic E-state index is 12.2. The number of aliphatic imine (C=N–C) groups is 1. The molecule has 0 aromatic carbocycles. The Morgan fingerprint density at radius 3 is 2.67 bits per heavy atom. The normalized spacial score (nSPS) is 24.1. The van der Waals surface area contributed by atoms with Crippen LogP contribution in [0.3, 0.4) is 0 Å². The fourth-order valence-corrected chi connectivity index (χ4v) is 5.62. The molecule has 1 aromatic heterocycles. The van der Waals surface area contributed by atoms with E-state index in [2.05, 4.69) is 44.6 Å². The number of pyridine rings is 1. The molecule has 3 unspecified atom stereocenters. The van der Waals surface area contributed by atoms with E-state index in [4.69, 9.17) is 0 Å². The molecule has 1 aromatic rings. The van der Waals surface area contributed by atoms with Gasteiger partial charge in [0.1, 0.15) is 5.82 Å². The van der Waals surface area contributed by atoms with Crippen LogP contribution in [0, 0.1) is 5.92 Å². The minimum Gasteiger partial charge on any atom is -0.357 e. The lowest BCUT2D eigenvalue weighted by Gasteiger charge is -2.31. The molecule has 2 N–H and O–H groups in total. The van der Waals surface area contributed by atoms with E-state index >= 15 is 0 Å². The number of rotatable bonds is 6. The van der Waals surface area contributed by atoms with Gasteiger partial charge in [0, 0.05) is 60.7 Å². The van der Waals surface area contributed by atoms with E-state index in [1.165, 1.54) is 12.8 Å². The first kappa shape index (κ1) is 25.4. The van der Waals surface area contributed by atoms with Crippen molar-refractivity contribution >= 4 is 46.6 Å². The molecule has 0 amide bonds. The fraction of sp³-hybridized carbons (Fsp3) is 0.727. The molecular formula is C22H38IN5OS. The Morgan fingerprint density at radius 2 is 2.03 bits per heavy atom. The molecule has 30 heavy (non-hydrogen) atoms. The standard InChI is InChI=1S/C22H37N5OS.HI/c1-4-29(28)20-7-5-6-19(14-20)26-22(23-3)25-16-18-8-9-21(24-15-18)27-12-10-17(2)11-13-27;/h8-9,15,17,19-20H,4-7,10-14,16H2,1-3H3,(H2,23,25,26);1H. The zero-order chi connectivity index (χ0) is 20.6. The van der Waals surface area contributed by atoms with Gasteiger partial charge in [-0.2, -0.15) is 0 Å². The van der Waals surface area contributed by atoms with Gasteiger partial charge in [0.25, 0.3) is 0 Å². The van der Waals surface area contributed by atoms with Gasteiger partial charge in [-0.05, 0) is 49.7 Å². The van der Waals surface area contributed by atoms with E-state index in [0.717, 1.165) is 67.8 Å². The van der Waals surface area contributed by atoms with Gasteiger partial charge in [-0.1, -0.05) is 26.3 Å². The maximum Gasteiger partial charge on any atom is 0.191 e. The number of anilines is 1. The smallest absolute Gasteiger partial charge is 0.191 e. The zero-order valence-electron chi connectivity index (χ0n) is 18.6. The molecule has 2 fully saturated rings. The van der Waals surface area contributed by atoms with Crippen LogP contribution in [-0.2, 0) is 17.3 Å². The van der Waals surface area contributed by atoms with Gasteiger partial charge in [-0.3, -0.25) is 9.20 Å². The van der Waals surface area contributed by atoms with Crippen molar-refractivity contribution in [2.75, 3.05) is 30.8 Å². The van der Waals surface area contributed by atoms with Gasteiger partial charge >= 0.3 is 0 Å². The van der Waals surface area contributed by atoms with Crippen LogP contribution in [0.5, 0.6) is 0 Å². The lowest BCUT2D eigenvalue weighted by atomic mass is 9.95. The van der Waals surface area contributed by atoms with Crippen molar-refractivity contribution in [2.24, 2.45) is 10.9 Å². The Kier molecular flexibility index (Phi) is 10.8.